The van der Waals surface area contributed by atoms with Crippen LogP contribution in [-0.4, -0.2) is 46.5 Å². The quantitative estimate of drug-likeness (QED) is 0.690. The molecule has 7 heteroatoms. The molecule has 5 rings (SSSR count). The van der Waals surface area contributed by atoms with Crippen molar-refractivity contribution in [2.75, 3.05) is 19.8 Å². The average molecular weight is 402 g/mol. The molecule has 0 bridgehead atoms. The average Bonchev–Trinajstić information content (AvgIpc) is 3.00. The van der Waals surface area contributed by atoms with Crippen molar-refractivity contribution in [3.05, 3.63) is 64.9 Å². The van der Waals surface area contributed by atoms with Crippen molar-refractivity contribution in [3.8, 4) is 5.75 Å². The molecule has 29 heavy (non-hydrogen) atoms. The highest BCUT2D eigenvalue weighted by Crippen LogP contribution is 2.44. The van der Waals surface area contributed by atoms with E-state index in [0.717, 1.165) is 28.6 Å². The SMILES string of the molecule is C[C@@H]1Cc2c([nH]c3ccccc23)[C@@H](c2c(F)cc(O)cc2F)N1CC1(F)COC1. The standard InChI is InChI=1S/C22H21F3N2O2/c1-12-6-15-14-4-2-3-5-18(14)26-20(15)21(27(12)9-22(25)10-29-11-22)19-16(23)7-13(28)8-17(19)24/h2-5,7-8,12,21,26,28H,6,9-11H2,1H3/t12-,21-/m1/s1. The summed E-state index contributed by atoms with van der Waals surface area (Å²) in [6.45, 7) is 1.90. The fourth-order valence-corrected chi connectivity index (χ4v) is 4.64. The number of halogens is 3. The second-order valence-electron chi connectivity index (χ2n) is 8.16. The lowest BCUT2D eigenvalue weighted by atomic mass is 9.86. The number of fused-ring (bicyclic) bond motifs is 3. The molecular weight excluding hydrogens is 381 g/mol. The van der Waals surface area contributed by atoms with Crippen molar-refractivity contribution < 1.29 is 23.0 Å². The number of hydrogen-bond acceptors (Lipinski definition) is 3. The van der Waals surface area contributed by atoms with E-state index < -0.39 is 29.1 Å². The van der Waals surface area contributed by atoms with E-state index in [-0.39, 0.29) is 31.4 Å². The van der Waals surface area contributed by atoms with E-state index in [1.165, 1.54) is 0 Å². The third kappa shape index (κ3) is 2.91. The van der Waals surface area contributed by atoms with Crippen LogP contribution in [0.3, 0.4) is 0 Å². The van der Waals surface area contributed by atoms with Gasteiger partial charge in [-0.05, 0) is 25.0 Å². The molecule has 1 fully saturated rings. The van der Waals surface area contributed by atoms with Gasteiger partial charge in [-0.1, -0.05) is 18.2 Å². The lowest BCUT2D eigenvalue weighted by Gasteiger charge is -2.46. The van der Waals surface area contributed by atoms with Crippen LogP contribution < -0.4 is 0 Å². The maximum atomic E-state index is 15.0. The topological polar surface area (TPSA) is 48.5 Å². The second kappa shape index (κ2) is 6.50. The second-order valence-corrected chi connectivity index (χ2v) is 8.16. The lowest BCUT2D eigenvalue weighted by molar-refractivity contribution is -0.148. The Morgan fingerprint density at radius 1 is 1.21 bits per heavy atom. The molecule has 1 saturated heterocycles. The number of rotatable bonds is 3. The van der Waals surface area contributed by atoms with Crippen molar-refractivity contribution in [1.82, 2.24) is 9.88 Å². The molecule has 2 atom stereocenters. The van der Waals surface area contributed by atoms with Crippen molar-refractivity contribution in [2.45, 2.75) is 31.1 Å². The van der Waals surface area contributed by atoms with Crippen molar-refractivity contribution in [1.29, 1.82) is 0 Å². The molecule has 0 saturated carbocycles. The lowest BCUT2D eigenvalue weighted by Crippen LogP contribution is -2.57. The normalized spacial score (nSPS) is 23.7. The first-order chi connectivity index (χ1) is 13.9. The van der Waals surface area contributed by atoms with Crippen molar-refractivity contribution in [2.24, 2.45) is 0 Å². The molecule has 0 amide bonds. The van der Waals surface area contributed by atoms with Crippen LogP contribution >= 0.6 is 0 Å². The summed E-state index contributed by atoms with van der Waals surface area (Å²) in [6.07, 6.45) is 0.633. The Kier molecular flexibility index (Phi) is 4.15. The number of para-hydroxylation sites is 1. The molecule has 4 nitrogen and oxygen atoms in total. The number of aromatic hydroxyl groups is 1. The first-order valence-electron chi connectivity index (χ1n) is 9.66. The van der Waals surface area contributed by atoms with Crippen molar-refractivity contribution in [3.63, 3.8) is 0 Å². The van der Waals surface area contributed by atoms with E-state index in [1.807, 2.05) is 31.2 Å². The van der Waals surface area contributed by atoms with Crippen LogP contribution in [0.25, 0.3) is 10.9 Å². The minimum atomic E-state index is -1.54. The number of phenolic OH excluding ortho intramolecular Hbond substituents is 1. The third-order valence-corrected chi connectivity index (χ3v) is 6.04. The number of benzene rings is 2. The number of H-pyrrole nitrogens is 1. The monoisotopic (exact) mass is 402 g/mol. The number of aromatic amines is 1. The Bertz CT molecular complexity index is 1070. The largest absolute Gasteiger partial charge is 0.508 e. The number of nitrogens with one attached hydrogen (secondary N) is 1. The maximum Gasteiger partial charge on any atom is 0.169 e. The van der Waals surface area contributed by atoms with Crippen LogP contribution in [0.2, 0.25) is 0 Å². The van der Waals surface area contributed by atoms with Crippen molar-refractivity contribution >= 4 is 10.9 Å². The molecule has 0 unspecified atom stereocenters. The molecule has 0 aliphatic carbocycles. The Morgan fingerprint density at radius 3 is 2.55 bits per heavy atom. The van der Waals surface area contributed by atoms with Crippen LogP contribution in [0.4, 0.5) is 13.2 Å². The van der Waals surface area contributed by atoms with Crippen LogP contribution in [0.1, 0.15) is 29.8 Å². The fourth-order valence-electron chi connectivity index (χ4n) is 4.64. The van der Waals surface area contributed by atoms with Gasteiger partial charge in [0.05, 0.1) is 19.3 Å². The van der Waals surface area contributed by atoms with Gasteiger partial charge in [0.15, 0.2) is 5.67 Å². The summed E-state index contributed by atoms with van der Waals surface area (Å²) in [6, 6.07) is 8.52. The zero-order chi connectivity index (χ0) is 20.3. The molecule has 2 aromatic carbocycles. The smallest absolute Gasteiger partial charge is 0.169 e. The van der Waals surface area contributed by atoms with Gasteiger partial charge in [-0.3, -0.25) is 4.90 Å². The Balaban J connectivity index is 1.72. The first kappa shape index (κ1) is 18.5. The molecule has 0 radical (unpaired) electrons. The van der Waals surface area contributed by atoms with Gasteiger partial charge in [-0.2, -0.15) is 0 Å². The van der Waals surface area contributed by atoms with Gasteiger partial charge in [0.2, 0.25) is 0 Å². The number of phenols is 1. The van der Waals surface area contributed by atoms with Crippen LogP contribution in [0.5, 0.6) is 5.75 Å². The van der Waals surface area contributed by atoms with Crippen LogP contribution in [0.15, 0.2) is 36.4 Å². The number of nitrogens with zero attached hydrogens (tertiary/aromatic N) is 1. The third-order valence-electron chi connectivity index (χ3n) is 6.04. The zero-order valence-electron chi connectivity index (χ0n) is 15.9. The maximum absolute atomic E-state index is 15.0. The van der Waals surface area contributed by atoms with E-state index in [9.17, 15) is 18.3 Å². The minimum Gasteiger partial charge on any atom is -0.508 e. The van der Waals surface area contributed by atoms with Gasteiger partial charge >= 0.3 is 0 Å². The summed E-state index contributed by atoms with van der Waals surface area (Å²) < 4.78 is 49.9. The number of hydrogen-bond donors (Lipinski definition) is 2. The molecular formula is C22H21F3N2O2. The number of ether oxygens (including phenoxy) is 1. The van der Waals surface area contributed by atoms with E-state index in [0.29, 0.717) is 12.1 Å². The molecule has 2 aliphatic rings. The molecule has 1 aromatic heterocycles. The highest BCUT2D eigenvalue weighted by molar-refractivity contribution is 5.85. The van der Waals surface area contributed by atoms with E-state index >= 15 is 0 Å². The Labute approximate surface area is 165 Å². The predicted molar refractivity (Wildman–Crippen MR) is 103 cm³/mol. The number of alkyl halides is 1. The summed E-state index contributed by atoms with van der Waals surface area (Å²) in [4.78, 5) is 5.12. The van der Waals surface area contributed by atoms with Gasteiger partial charge in [-0.15, -0.1) is 0 Å². The van der Waals surface area contributed by atoms with Gasteiger partial charge in [0, 0.05) is 46.9 Å². The van der Waals surface area contributed by atoms with Gasteiger partial charge < -0.3 is 14.8 Å². The molecule has 2 N–H and O–H groups in total. The molecule has 2 aliphatic heterocycles. The highest BCUT2D eigenvalue weighted by Gasteiger charge is 2.46. The molecule has 0 spiro atoms. The van der Waals surface area contributed by atoms with Gasteiger partial charge in [0.25, 0.3) is 0 Å². The van der Waals surface area contributed by atoms with E-state index in [4.69, 9.17) is 4.74 Å². The first-order valence-corrected chi connectivity index (χ1v) is 9.66. The molecule has 152 valence electrons. The summed E-state index contributed by atoms with van der Waals surface area (Å²) in [5.41, 5.74) is 0.791. The fraction of sp³-hybridized carbons (Fsp3) is 0.364. The Morgan fingerprint density at radius 2 is 1.90 bits per heavy atom. The summed E-state index contributed by atoms with van der Waals surface area (Å²) in [5.74, 6) is -2.19. The highest BCUT2D eigenvalue weighted by atomic mass is 19.1. The van der Waals surface area contributed by atoms with E-state index in [1.54, 1.807) is 4.90 Å². The van der Waals surface area contributed by atoms with Crippen LogP contribution in [0, 0.1) is 11.6 Å². The summed E-state index contributed by atoms with van der Waals surface area (Å²) in [5, 5.41) is 10.6. The zero-order valence-corrected chi connectivity index (χ0v) is 15.9. The van der Waals surface area contributed by atoms with E-state index in [2.05, 4.69) is 4.98 Å². The molecule has 3 heterocycles. The number of aromatic nitrogens is 1. The van der Waals surface area contributed by atoms with Crippen LogP contribution in [-0.2, 0) is 11.2 Å². The summed E-state index contributed by atoms with van der Waals surface area (Å²) >= 11 is 0. The predicted octanol–water partition coefficient (Wildman–Crippen LogP) is 4.23. The van der Waals surface area contributed by atoms with Gasteiger partial charge in [-0.25, -0.2) is 13.2 Å². The van der Waals surface area contributed by atoms with Gasteiger partial charge in [0.1, 0.15) is 17.4 Å². The minimum absolute atomic E-state index is 0.00734. The summed E-state index contributed by atoms with van der Waals surface area (Å²) in [7, 11) is 0. The molecule has 3 aromatic rings. The Hall–Kier alpha value is -2.51.